The van der Waals surface area contributed by atoms with E-state index in [1.165, 1.54) is 23.9 Å². The fourth-order valence-corrected chi connectivity index (χ4v) is 1.78. The SMILES string of the molecule is CSc1ccc(C(=O)NCC(=O)[O-])cc1[N+](=O)[O-]. The number of carboxylic acids is 1. The first kappa shape index (κ1) is 14.0. The topological polar surface area (TPSA) is 112 Å². The molecule has 0 saturated heterocycles. The molecular formula is C10H9N2O5S-. The molecule has 0 aliphatic carbocycles. The molecular weight excluding hydrogens is 260 g/mol. The van der Waals surface area contributed by atoms with Crippen LogP contribution in [0.4, 0.5) is 5.69 Å². The van der Waals surface area contributed by atoms with Gasteiger partial charge in [-0.1, -0.05) is 0 Å². The van der Waals surface area contributed by atoms with Crippen LogP contribution in [0.3, 0.4) is 0 Å². The summed E-state index contributed by atoms with van der Waals surface area (Å²) in [6.07, 6.45) is 1.68. The Morgan fingerprint density at radius 3 is 2.61 bits per heavy atom. The van der Waals surface area contributed by atoms with E-state index in [4.69, 9.17) is 0 Å². The van der Waals surface area contributed by atoms with E-state index in [-0.39, 0.29) is 11.3 Å². The predicted molar refractivity (Wildman–Crippen MR) is 62.2 cm³/mol. The van der Waals surface area contributed by atoms with Crippen LogP contribution in [0.15, 0.2) is 23.1 Å². The molecule has 0 atom stereocenters. The summed E-state index contributed by atoms with van der Waals surface area (Å²) in [5.74, 6) is -2.13. The van der Waals surface area contributed by atoms with Crippen molar-refractivity contribution in [3.8, 4) is 0 Å². The van der Waals surface area contributed by atoms with Gasteiger partial charge in [-0.15, -0.1) is 11.8 Å². The van der Waals surface area contributed by atoms with E-state index in [1.54, 1.807) is 6.26 Å². The monoisotopic (exact) mass is 269 g/mol. The van der Waals surface area contributed by atoms with E-state index >= 15 is 0 Å². The lowest BCUT2D eigenvalue weighted by Gasteiger charge is -2.06. The highest BCUT2D eigenvalue weighted by molar-refractivity contribution is 7.98. The number of benzene rings is 1. The largest absolute Gasteiger partial charge is 0.548 e. The fraction of sp³-hybridized carbons (Fsp3) is 0.200. The molecule has 0 unspecified atom stereocenters. The van der Waals surface area contributed by atoms with Gasteiger partial charge in [-0.3, -0.25) is 14.9 Å². The first-order chi connectivity index (χ1) is 8.45. The van der Waals surface area contributed by atoms with Crippen LogP contribution in [0.1, 0.15) is 10.4 Å². The van der Waals surface area contributed by atoms with Gasteiger partial charge >= 0.3 is 0 Å². The molecule has 96 valence electrons. The minimum atomic E-state index is -1.43. The fourth-order valence-electron chi connectivity index (χ4n) is 1.23. The third-order valence-corrected chi connectivity index (χ3v) is 2.82. The van der Waals surface area contributed by atoms with E-state index in [0.29, 0.717) is 4.90 Å². The molecule has 0 radical (unpaired) electrons. The van der Waals surface area contributed by atoms with E-state index in [0.717, 1.165) is 6.07 Å². The summed E-state index contributed by atoms with van der Waals surface area (Å²) in [6.45, 7) is -0.642. The van der Waals surface area contributed by atoms with Gasteiger partial charge in [0.25, 0.3) is 11.6 Å². The Balaban J connectivity index is 2.97. The second-order valence-corrected chi connectivity index (χ2v) is 4.05. The number of rotatable bonds is 5. The van der Waals surface area contributed by atoms with Gasteiger partial charge in [-0.2, -0.15) is 0 Å². The van der Waals surface area contributed by atoms with Crippen molar-refractivity contribution in [1.29, 1.82) is 0 Å². The van der Waals surface area contributed by atoms with Gasteiger partial charge < -0.3 is 15.2 Å². The summed E-state index contributed by atoms with van der Waals surface area (Å²) in [6, 6.07) is 3.94. The van der Waals surface area contributed by atoms with Crippen LogP contribution in [0.2, 0.25) is 0 Å². The normalized spacial score (nSPS) is 9.83. The van der Waals surface area contributed by atoms with Crippen molar-refractivity contribution in [3.63, 3.8) is 0 Å². The van der Waals surface area contributed by atoms with Crippen LogP contribution in [-0.4, -0.2) is 29.6 Å². The summed E-state index contributed by atoms with van der Waals surface area (Å²) in [4.78, 5) is 32.3. The predicted octanol–water partition coefficient (Wildman–Crippen LogP) is -0.204. The van der Waals surface area contributed by atoms with Gasteiger partial charge in [0.1, 0.15) is 0 Å². The van der Waals surface area contributed by atoms with Crippen molar-refractivity contribution in [2.24, 2.45) is 0 Å². The lowest BCUT2D eigenvalue weighted by atomic mass is 10.2. The summed E-state index contributed by atoms with van der Waals surface area (Å²) in [5, 5.41) is 23.0. The van der Waals surface area contributed by atoms with Crippen LogP contribution in [0.5, 0.6) is 0 Å². The number of aliphatic carboxylic acids is 1. The number of carboxylic acid groups (broad SMARTS) is 1. The highest BCUT2D eigenvalue weighted by Crippen LogP contribution is 2.28. The highest BCUT2D eigenvalue weighted by Gasteiger charge is 2.16. The van der Waals surface area contributed by atoms with Crippen LogP contribution < -0.4 is 10.4 Å². The molecule has 0 spiro atoms. The average Bonchev–Trinajstić information content (AvgIpc) is 2.34. The van der Waals surface area contributed by atoms with Gasteiger partial charge in [-0.25, -0.2) is 0 Å². The maximum Gasteiger partial charge on any atom is 0.283 e. The van der Waals surface area contributed by atoms with E-state index in [9.17, 15) is 24.8 Å². The Kier molecular flexibility index (Phi) is 4.67. The lowest BCUT2D eigenvalue weighted by molar-refractivity contribution is -0.387. The number of thioether (sulfide) groups is 1. The standard InChI is InChI=1S/C10H10N2O5S/c1-18-8-3-2-6(4-7(8)12(16)17)10(15)11-5-9(13)14/h2-4H,5H2,1H3,(H,11,15)(H,13,14)/p-1. The third kappa shape index (κ3) is 3.45. The maximum atomic E-state index is 11.5. The van der Waals surface area contributed by atoms with Gasteiger partial charge in [0.2, 0.25) is 0 Å². The zero-order valence-electron chi connectivity index (χ0n) is 9.34. The van der Waals surface area contributed by atoms with Crippen molar-refractivity contribution in [2.45, 2.75) is 4.90 Å². The molecule has 1 amide bonds. The smallest absolute Gasteiger partial charge is 0.283 e. The van der Waals surface area contributed by atoms with Gasteiger partial charge in [-0.05, 0) is 18.4 Å². The molecule has 0 aliphatic heterocycles. The molecule has 1 rings (SSSR count). The van der Waals surface area contributed by atoms with Crippen molar-refractivity contribution in [1.82, 2.24) is 5.32 Å². The molecule has 1 N–H and O–H groups in total. The second-order valence-electron chi connectivity index (χ2n) is 3.20. The number of nitro groups is 1. The van der Waals surface area contributed by atoms with Crippen molar-refractivity contribution in [3.05, 3.63) is 33.9 Å². The molecule has 0 fully saturated rings. The summed E-state index contributed by atoms with van der Waals surface area (Å²) >= 11 is 1.18. The Morgan fingerprint density at radius 2 is 2.11 bits per heavy atom. The van der Waals surface area contributed by atoms with E-state index < -0.39 is 23.3 Å². The van der Waals surface area contributed by atoms with E-state index in [1.807, 2.05) is 0 Å². The van der Waals surface area contributed by atoms with E-state index in [2.05, 4.69) is 5.32 Å². The molecule has 18 heavy (non-hydrogen) atoms. The first-order valence-electron chi connectivity index (χ1n) is 4.76. The molecule has 1 aromatic carbocycles. The second kappa shape index (κ2) is 6.01. The van der Waals surface area contributed by atoms with Crippen LogP contribution in [0.25, 0.3) is 0 Å². The molecule has 0 heterocycles. The quantitative estimate of drug-likeness (QED) is 0.450. The molecule has 8 heteroatoms. The Labute approximate surface area is 106 Å². The highest BCUT2D eigenvalue weighted by atomic mass is 32.2. The maximum absolute atomic E-state index is 11.5. The Hall–Kier alpha value is -2.09. The Bertz CT molecular complexity index is 503. The number of carbonyl (C=O) groups is 2. The Morgan fingerprint density at radius 1 is 1.44 bits per heavy atom. The van der Waals surface area contributed by atoms with Crippen LogP contribution in [-0.2, 0) is 4.79 Å². The molecule has 0 bridgehead atoms. The van der Waals surface area contributed by atoms with Gasteiger partial charge in [0.05, 0.1) is 22.3 Å². The minimum Gasteiger partial charge on any atom is -0.548 e. The number of carbonyl (C=O) groups excluding carboxylic acids is 2. The molecule has 0 aliphatic rings. The lowest BCUT2D eigenvalue weighted by Crippen LogP contribution is -2.37. The van der Waals surface area contributed by atoms with Gasteiger partial charge in [0, 0.05) is 11.6 Å². The molecule has 0 aromatic heterocycles. The average molecular weight is 269 g/mol. The number of nitrogens with one attached hydrogen (secondary N) is 1. The number of nitrogens with zero attached hydrogens (tertiary/aromatic N) is 1. The molecule has 0 saturated carbocycles. The number of nitro benzene ring substituents is 1. The van der Waals surface area contributed by atoms with Crippen molar-refractivity contribution < 1.29 is 19.6 Å². The zero-order valence-corrected chi connectivity index (χ0v) is 10.2. The number of amides is 1. The van der Waals surface area contributed by atoms with Gasteiger partial charge in [0.15, 0.2) is 0 Å². The zero-order chi connectivity index (χ0) is 13.7. The summed E-state index contributed by atoms with van der Waals surface area (Å²) in [7, 11) is 0. The number of hydrogen-bond donors (Lipinski definition) is 1. The first-order valence-corrected chi connectivity index (χ1v) is 5.98. The van der Waals surface area contributed by atoms with Crippen molar-refractivity contribution in [2.75, 3.05) is 12.8 Å². The number of hydrogen-bond acceptors (Lipinski definition) is 6. The summed E-state index contributed by atoms with van der Waals surface area (Å²) < 4.78 is 0. The molecule has 7 nitrogen and oxygen atoms in total. The minimum absolute atomic E-state index is 0.0285. The molecule has 1 aromatic rings. The van der Waals surface area contributed by atoms with Crippen LogP contribution >= 0.6 is 11.8 Å². The summed E-state index contributed by atoms with van der Waals surface area (Å²) in [5.41, 5.74) is -0.163. The third-order valence-electron chi connectivity index (χ3n) is 2.03. The van der Waals surface area contributed by atoms with Crippen molar-refractivity contribution >= 4 is 29.3 Å². The van der Waals surface area contributed by atoms with Crippen LogP contribution in [0, 0.1) is 10.1 Å².